The Hall–Kier alpha value is -0.180. The molecule has 1 atom stereocenters. The highest BCUT2D eigenvalue weighted by molar-refractivity contribution is 9.10. The van der Waals surface area contributed by atoms with Gasteiger partial charge in [0, 0.05) is 6.92 Å². The van der Waals surface area contributed by atoms with Crippen LogP contribution in [0.2, 0.25) is 0 Å². The average Bonchev–Trinajstić information content (AvgIpc) is 2.17. The molecule has 2 nitrogen and oxygen atoms in total. The van der Waals surface area contributed by atoms with E-state index in [1.807, 2.05) is 0 Å². The van der Waals surface area contributed by atoms with E-state index in [4.69, 9.17) is 0 Å². The molecule has 1 aliphatic rings. The summed E-state index contributed by atoms with van der Waals surface area (Å²) in [7, 11) is 0. The lowest BCUT2D eigenvalue weighted by Crippen LogP contribution is -2.30. The SMILES string of the molecule is CC(=O)C(=O)C(Br)C1CCCCC1. The summed E-state index contributed by atoms with van der Waals surface area (Å²) in [4.78, 5) is 22.0. The van der Waals surface area contributed by atoms with Crippen LogP contribution in [-0.2, 0) is 9.59 Å². The number of Topliss-reactive ketones (excluding diaryl/α,β-unsaturated/α-hetero) is 2. The van der Waals surface area contributed by atoms with Gasteiger partial charge < -0.3 is 0 Å². The second-order valence-corrected chi connectivity index (χ2v) is 4.71. The van der Waals surface area contributed by atoms with Crippen LogP contribution in [0.1, 0.15) is 39.0 Å². The zero-order valence-electron chi connectivity index (χ0n) is 7.88. The van der Waals surface area contributed by atoms with Gasteiger partial charge in [0.2, 0.25) is 5.78 Å². The van der Waals surface area contributed by atoms with Gasteiger partial charge >= 0.3 is 0 Å². The van der Waals surface area contributed by atoms with Crippen LogP contribution in [-0.4, -0.2) is 16.4 Å². The second-order valence-electron chi connectivity index (χ2n) is 3.72. The van der Waals surface area contributed by atoms with Crippen molar-refractivity contribution in [1.29, 1.82) is 0 Å². The fourth-order valence-electron chi connectivity index (χ4n) is 1.84. The zero-order chi connectivity index (χ0) is 9.84. The molecule has 0 aromatic carbocycles. The number of hydrogen-bond donors (Lipinski definition) is 0. The van der Waals surface area contributed by atoms with Crippen LogP contribution in [0.15, 0.2) is 0 Å². The number of carbonyl (C=O) groups excluding carboxylic acids is 2. The Labute approximate surface area is 87.2 Å². The third-order valence-electron chi connectivity index (χ3n) is 2.66. The van der Waals surface area contributed by atoms with E-state index in [0.717, 1.165) is 12.8 Å². The maximum atomic E-state index is 11.3. The fourth-order valence-corrected chi connectivity index (χ4v) is 2.69. The molecule has 1 saturated carbocycles. The molecule has 1 rings (SSSR count). The van der Waals surface area contributed by atoms with Gasteiger partial charge in [0.05, 0.1) is 4.83 Å². The topological polar surface area (TPSA) is 34.1 Å². The lowest BCUT2D eigenvalue weighted by atomic mass is 9.85. The number of halogens is 1. The highest BCUT2D eigenvalue weighted by Crippen LogP contribution is 2.30. The van der Waals surface area contributed by atoms with Gasteiger partial charge in [-0.1, -0.05) is 35.2 Å². The van der Waals surface area contributed by atoms with Crippen LogP contribution in [0.4, 0.5) is 0 Å². The summed E-state index contributed by atoms with van der Waals surface area (Å²) in [5.41, 5.74) is 0. The summed E-state index contributed by atoms with van der Waals surface area (Å²) in [5.74, 6) is -0.204. The highest BCUT2D eigenvalue weighted by Gasteiger charge is 2.28. The van der Waals surface area contributed by atoms with Crippen LogP contribution in [0, 0.1) is 5.92 Å². The first-order valence-electron chi connectivity index (χ1n) is 4.81. The Balaban J connectivity index is 2.49. The number of ketones is 2. The van der Waals surface area contributed by atoms with Crippen molar-refractivity contribution in [2.24, 2.45) is 5.92 Å². The number of hydrogen-bond acceptors (Lipinski definition) is 2. The minimum Gasteiger partial charge on any atom is -0.291 e. The minimum atomic E-state index is -0.326. The molecule has 1 unspecified atom stereocenters. The molecule has 0 saturated heterocycles. The van der Waals surface area contributed by atoms with Crippen LogP contribution in [0.3, 0.4) is 0 Å². The van der Waals surface area contributed by atoms with Crippen molar-refractivity contribution >= 4 is 27.5 Å². The van der Waals surface area contributed by atoms with E-state index in [1.165, 1.54) is 26.2 Å². The van der Waals surface area contributed by atoms with Crippen molar-refractivity contribution in [3.63, 3.8) is 0 Å². The molecule has 0 N–H and O–H groups in total. The largest absolute Gasteiger partial charge is 0.291 e. The molecule has 0 aromatic rings. The Morgan fingerprint density at radius 1 is 1.23 bits per heavy atom. The standard InChI is InChI=1S/C10H15BrO2/c1-7(12)10(13)9(11)8-5-3-2-4-6-8/h8-9H,2-6H2,1H3. The van der Waals surface area contributed by atoms with Gasteiger partial charge in [-0.25, -0.2) is 0 Å². The number of carbonyl (C=O) groups is 2. The molecule has 74 valence electrons. The minimum absolute atomic E-state index is 0.231. The molecule has 1 aliphatic carbocycles. The molecule has 0 radical (unpaired) electrons. The predicted octanol–water partition coefficient (Wildman–Crippen LogP) is 2.49. The molecular weight excluding hydrogens is 232 g/mol. The summed E-state index contributed by atoms with van der Waals surface area (Å²) in [6, 6.07) is 0. The van der Waals surface area contributed by atoms with Crippen molar-refractivity contribution in [3.8, 4) is 0 Å². The maximum Gasteiger partial charge on any atom is 0.211 e. The smallest absolute Gasteiger partial charge is 0.211 e. The highest BCUT2D eigenvalue weighted by atomic mass is 79.9. The molecule has 0 amide bonds. The van der Waals surface area contributed by atoms with Gasteiger partial charge in [-0.05, 0) is 18.8 Å². The van der Waals surface area contributed by atoms with E-state index < -0.39 is 0 Å². The molecular formula is C10H15BrO2. The molecule has 13 heavy (non-hydrogen) atoms. The number of rotatable bonds is 3. The molecule has 3 heteroatoms. The Morgan fingerprint density at radius 2 is 1.77 bits per heavy atom. The van der Waals surface area contributed by atoms with Crippen molar-refractivity contribution in [1.82, 2.24) is 0 Å². The van der Waals surface area contributed by atoms with Gasteiger partial charge in [0.1, 0.15) is 0 Å². The number of alkyl halides is 1. The van der Waals surface area contributed by atoms with E-state index >= 15 is 0 Å². The summed E-state index contributed by atoms with van der Waals surface area (Å²) in [6.07, 6.45) is 5.81. The van der Waals surface area contributed by atoms with Crippen molar-refractivity contribution < 1.29 is 9.59 Å². The van der Waals surface area contributed by atoms with Crippen LogP contribution in [0.25, 0.3) is 0 Å². The molecule has 0 heterocycles. The van der Waals surface area contributed by atoms with E-state index in [0.29, 0.717) is 5.92 Å². The van der Waals surface area contributed by atoms with Gasteiger partial charge in [-0.3, -0.25) is 9.59 Å². The summed E-state index contributed by atoms with van der Waals surface area (Å²) in [6.45, 7) is 1.35. The van der Waals surface area contributed by atoms with Crippen molar-refractivity contribution in [2.75, 3.05) is 0 Å². The first-order chi connectivity index (χ1) is 6.13. The molecule has 0 bridgehead atoms. The van der Waals surface area contributed by atoms with Gasteiger partial charge in [-0.2, -0.15) is 0 Å². The van der Waals surface area contributed by atoms with E-state index in [-0.39, 0.29) is 16.4 Å². The monoisotopic (exact) mass is 246 g/mol. The van der Waals surface area contributed by atoms with Gasteiger partial charge in [0.25, 0.3) is 0 Å². The summed E-state index contributed by atoms with van der Waals surface area (Å²) in [5, 5.41) is 0. The third kappa shape index (κ3) is 2.90. The van der Waals surface area contributed by atoms with Crippen molar-refractivity contribution in [2.45, 2.75) is 43.9 Å². The van der Waals surface area contributed by atoms with Crippen LogP contribution >= 0.6 is 15.9 Å². The molecule has 0 spiro atoms. The lowest BCUT2D eigenvalue weighted by Gasteiger charge is -2.24. The van der Waals surface area contributed by atoms with Crippen molar-refractivity contribution in [3.05, 3.63) is 0 Å². The average molecular weight is 247 g/mol. The molecule has 0 aliphatic heterocycles. The van der Waals surface area contributed by atoms with E-state index in [9.17, 15) is 9.59 Å². The first kappa shape index (κ1) is 10.9. The molecule has 1 fully saturated rings. The normalized spacial score (nSPS) is 21.1. The van der Waals surface area contributed by atoms with Crippen LogP contribution in [0.5, 0.6) is 0 Å². The Morgan fingerprint density at radius 3 is 2.23 bits per heavy atom. The fraction of sp³-hybridized carbons (Fsp3) is 0.800. The quantitative estimate of drug-likeness (QED) is 0.567. The predicted molar refractivity (Wildman–Crippen MR) is 55.0 cm³/mol. The summed E-state index contributed by atoms with van der Waals surface area (Å²) < 4.78 is 0. The van der Waals surface area contributed by atoms with Gasteiger partial charge in [0.15, 0.2) is 5.78 Å². The lowest BCUT2D eigenvalue weighted by molar-refractivity contribution is -0.135. The molecule has 0 aromatic heterocycles. The second kappa shape index (κ2) is 4.89. The Bertz CT molecular complexity index is 207. The first-order valence-corrected chi connectivity index (χ1v) is 5.73. The zero-order valence-corrected chi connectivity index (χ0v) is 9.47. The Kier molecular flexibility index (Phi) is 4.10. The van der Waals surface area contributed by atoms with Crippen LogP contribution < -0.4 is 0 Å². The summed E-state index contributed by atoms with van der Waals surface area (Å²) >= 11 is 3.34. The third-order valence-corrected chi connectivity index (χ3v) is 3.82. The van der Waals surface area contributed by atoms with E-state index in [2.05, 4.69) is 15.9 Å². The van der Waals surface area contributed by atoms with Gasteiger partial charge in [-0.15, -0.1) is 0 Å². The van der Waals surface area contributed by atoms with E-state index in [1.54, 1.807) is 0 Å². The maximum absolute atomic E-state index is 11.3.